The Hall–Kier alpha value is -1.95. The van der Waals surface area contributed by atoms with Crippen molar-refractivity contribution in [2.75, 3.05) is 7.11 Å². The van der Waals surface area contributed by atoms with Gasteiger partial charge in [-0.1, -0.05) is 6.08 Å². The van der Waals surface area contributed by atoms with Crippen LogP contribution in [0, 0.1) is 0 Å². The van der Waals surface area contributed by atoms with Crippen LogP contribution in [0.2, 0.25) is 0 Å². The van der Waals surface area contributed by atoms with Gasteiger partial charge in [0, 0.05) is 12.1 Å². The minimum Gasteiger partial charge on any atom is -0.466 e. The third kappa shape index (κ3) is 2.33. The van der Waals surface area contributed by atoms with Crippen LogP contribution in [-0.2, 0) is 16.1 Å². The van der Waals surface area contributed by atoms with Crippen molar-refractivity contribution in [3.05, 3.63) is 39.8 Å². The monoisotopic (exact) mass is 264 g/mol. The smallest absolute Gasteiger partial charge is 0.333 e. The minimum absolute atomic E-state index is 0.0936. The Labute approximate surface area is 107 Å². The maximum Gasteiger partial charge on any atom is 0.333 e. The number of nitrogens with zero attached hydrogens (tertiary/aromatic N) is 2. The van der Waals surface area contributed by atoms with E-state index in [1.165, 1.54) is 29.3 Å². The summed E-state index contributed by atoms with van der Waals surface area (Å²) in [5.41, 5.74) is 1.08. The Morgan fingerprint density at radius 3 is 3.11 bits per heavy atom. The molecule has 0 unspecified atom stereocenters. The van der Waals surface area contributed by atoms with Gasteiger partial charge in [-0.05, 0) is 18.4 Å². The molecular formula is C12H12N2O3S. The second-order valence-electron chi connectivity index (χ2n) is 3.72. The number of hydrogen-bond acceptors (Lipinski definition) is 5. The largest absolute Gasteiger partial charge is 0.466 e. The van der Waals surface area contributed by atoms with E-state index in [0.29, 0.717) is 22.3 Å². The summed E-state index contributed by atoms with van der Waals surface area (Å²) in [5, 5.41) is 1.83. The van der Waals surface area contributed by atoms with E-state index < -0.39 is 5.97 Å². The summed E-state index contributed by atoms with van der Waals surface area (Å²) in [4.78, 5) is 27.4. The molecule has 0 amide bonds. The topological polar surface area (TPSA) is 61.2 Å². The number of thiophene rings is 1. The number of methoxy groups -OCH3 is 1. The van der Waals surface area contributed by atoms with E-state index in [0.717, 1.165) is 0 Å². The lowest BCUT2D eigenvalue weighted by Gasteiger charge is -2.02. The standard InChI is InChI=1S/C12H12N2O3S/c1-8(12(16)17-2)3-5-14-7-13-9-4-6-18-10(9)11(14)15/h3-4,6-7H,5H2,1-2H3. The quantitative estimate of drug-likeness (QED) is 0.623. The zero-order chi connectivity index (χ0) is 13.1. The fourth-order valence-corrected chi connectivity index (χ4v) is 2.28. The van der Waals surface area contributed by atoms with Gasteiger partial charge in [0.05, 0.1) is 19.0 Å². The molecule has 0 N–H and O–H groups in total. The molecule has 0 aromatic carbocycles. The summed E-state index contributed by atoms with van der Waals surface area (Å²) >= 11 is 1.37. The van der Waals surface area contributed by atoms with E-state index >= 15 is 0 Å². The first-order valence-corrected chi connectivity index (χ1v) is 6.19. The van der Waals surface area contributed by atoms with Gasteiger partial charge in [-0.2, -0.15) is 0 Å². The van der Waals surface area contributed by atoms with Gasteiger partial charge in [0.1, 0.15) is 4.70 Å². The normalized spacial score (nSPS) is 11.8. The first-order valence-electron chi connectivity index (χ1n) is 5.31. The molecule has 0 aliphatic rings. The number of allylic oxidation sites excluding steroid dienone is 1. The third-order valence-electron chi connectivity index (χ3n) is 2.54. The molecule has 6 heteroatoms. The van der Waals surface area contributed by atoms with E-state index in [1.807, 2.05) is 5.38 Å². The van der Waals surface area contributed by atoms with E-state index in [-0.39, 0.29) is 5.56 Å². The lowest BCUT2D eigenvalue weighted by atomic mass is 10.3. The third-order valence-corrected chi connectivity index (χ3v) is 3.43. The SMILES string of the molecule is COC(=O)C(C)=CCn1cnc2ccsc2c1=O. The van der Waals surface area contributed by atoms with Gasteiger partial charge in [0.25, 0.3) is 5.56 Å². The number of hydrogen-bond donors (Lipinski definition) is 0. The van der Waals surface area contributed by atoms with Gasteiger partial charge in [0.2, 0.25) is 0 Å². The van der Waals surface area contributed by atoms with Crippen LogP contribution in [-0.4, -0.2) is 22.6 Å². The van der Waals surface area contributed by atoms with Crippen molar-refractivity contribution in [3.8, 4) is 0 Å². The first-order chi connectivity index (χ1) is 8.63. The number of carbonyl (C=O) groups is 1. The number of esters is 1. The molecule has 0 radical (unpaired) electrons. The van der Waals surface area contributed by atoms with Crippen LogP contribution >= 0.6 is 11.3 Å². The van der Waals surface area contributed by atoms with Crippen molar-refractivity contribution in [2.45, 2.75) is 13.5 Å². The number of fused-ring (bicyclic) bond motifs is 1. The van der Waals surface area contributed by atoms with Crippen molar-refractivity contribution in [2.24, 2.45) is 0 Å². The van der Waals surface area contributed by atoms with E-state index in [4.69, 9.17) is 0 Å². The zero-order valence-electron chi connectivity index (χ0n) is 10.0. The predicted octanol–water partition coefficient (Wildman–Crippen LogP) is 1.58. The number of ether oxygens (including phenoxy) is 1. The molecule has 0 aliphatic carbocycles. The highest BCUT2D eigenvalue weighted by molar-refractivity contribution is 7.17. The number of rotatable bonds is 3. The molecule has 2 aromatic rings. The number of carbonyl (C=O) groups excluding carboxylic acids is 1. The molecule has 2 heterocycles. The maximum absolute atomic E-state index is 12.0. The first kappa shape index (κ1) is 12.5. The summed E-state index contributed by atoms with van der Waals surface area (Å²) < 4.78 is 6.67. The van der Waals surface area contributed by atoms with Gasteiger partial charge in [-0.25, -0.2) is 9.78 Å². The van der Waals surface area contributed by atoms with Gasteiger partial charge < -0.3 is 4.74 Å². The highest BCUT2D eigenvalue weighted by Gasteiger charge is 2.06. The Bertz CT molecular complexity index is 669. The average Bonchev–Trinajstić information content (AvgIpc) is 2.85. The Balaban J connectivity index is 2.30. The maximum atomic E-state index is 12.0. The summed E-state index contributed by atoms with van der Waals surface area (Å²) in [5.74, 6) is -0.395. The lowest BCUT2D eigenvalue weighted by Crippen LogP contribution is -2.19. The summed E-state index contributed by atoms with van der Waals surface area (Å²) in [6.45, 7) is 1.95. The van der Waals surface area contributed by atoms with Crippen LogP contribution in [0.4, 0.5) is 0 Å². The molecule has 0 saturated heterocycles. The van der Waals surface area contributed by atoms with Crippen molar-refractivity contribution in [1.82, 2.24) is 9.55 Å². The van der Waals surface area contributed by atoms with Gasteiger partial charge in [-0.3, -0.25) is 9.36 Å². The molecule has 0 saturated carbocycles. The van der Waals surface area contributed by atoms with Crippen molar-refractivity contribution >= 4 is 27.5 Å². The molecule has 0 aliphatic heterocycles. The molecule has 0 fully saturated rings. The Morgan fingerprint density at radius 1 is 1.61 bits per heavy atom. The molecule has 0 bridgehead atoms. The second-order valence-corrected chi connectivity index (χ2v) is 4.63. The Morgan fingerprint density at radius 2 is 2.39 bits per heavy atom. The lowest BCUT2D eigenvalue weighted by molar-refractivity contribution is -0.136. The predicted molar refractivity (Wildman–Crippen MR) is 69.7 cm³/mol. The minimum atomic E-state index is -0.395. The fourth-order valence-electron chi connectivity index (χ4n) is 1.49. The molecule has 2 aromatic heterocycles. The van der Waals surface area contributed by atoms with Gasteiger partial charge in [0.15, 0.2) is 0 Å². The molecule has 0 atom stereocenters. The summed E-state index contributed by atoms with van der Waals surface area (Å²) in [6.07, 6.45) is 3.13. The van der Waals surface area contributed by atoms with Crippen molar-refractivity contribution < 1.29 is 9.53 Å². The molecule has 2 rings (SSSR count). The van der Waals surface area contributed by atoms with Crippen LogP contribution < -0.4 is 5.56 Å². The van der Waals surface area contributed by atoms with Crippen molar-refractivity contribution in [1.29, 1.82) is 0 Å². The highest BCUT2D eigenvalue weighted by atomic mass is 32.1. The second kappa shape index (κ2) is 5.14. The van der Waals surface area contributed by atoms with E-state index in [9.17, 15) is 9.59 Å². The van der Waals surface area contributed by atoms with Crippen LogP contribution in [0.5, 0.6) is 0 Å². The van der Waals surface area contributed by atoms with E-state index in [2.05, 4.69) is 9.72 Å². The average molecular weight is 264 g/mol. The zero-order valence-corrected chi connectivity index (χ0v) is 10.9. The molecule has 5 nitrogen and oxygen atoms in total. The molecule has 18 heavy (non-hydrogen) atoms. The fraction of sp³-hybridized carbons (Fsp3) is 0.250. The summed E-state index contributed by atoms with van der Waals surface area (Å²) in [6, 6.07) is 1.81. The molecular weight excluding hydrogens is 252 g/mol. The van der Waals surface area contributed by atoms with Crippen LogP contribution in [0.25, 0.3) is 10.2 Å². The Kier molecular flexibility index (Phi) is 3.57. The van der Waals surface area contributed by atoms with Gasteiger partial charge >= 0.3 is 5.97 Å². The highest BCUT2D eigenvalue weighted by Crippen LogP contribution is 2.13. The molecule has 94 valence electrons. The van der Waals surface area contributed by atoms with E-state index in [1.54, 1.807) is 19.1 Å². The van der Waals surface area contributed by atoms with Crippen molar-refractivity contribution in [3.63, 3.8) is 0 Å². The van der Waals surface area contributed by atoms with Crippen LogP contribution in [0.1, 0.15) is 6.92 Å². The number of aromatic nitrogens is 2. The van der Waals surface area contributed by atoms with Gasteiger partial charge in [-0.15, -0.1) is 11.3 Å². The van der Waals surface area contributed by atoms with Crippen LogP contribution in [0.15, 0.2) is 34.2 Å². The summed E-state index contributed by atoms with van der Waals surface area (Å²) in [7, 11) is 1.32. The van der Waals surface area contributed by atoms with Crippen LogP contribution in [0.3, 0.4) is 0 Å². The molecule has 0 spiro atoms.